The molecule has 0 bridgehead atoms. The zero-order chi connectivity index (χ0) is 27.6. The lowest BCUT2D eigenvalue weighted by Crippen LogP contribution is -2.29. The van der Waals surface area contributed by atoms with E-state index in [-0.39, 0.29) is 17.7 Å². The molecule has 1 N–H and O–H groups in total. The maximum absolute atomic E-state index is 13.5. The number of fused-ring (bicyclic) bond motifs is 1. The predicted octanol–water partition coefficient (Wildman–Crippen LogP) is 6.28. The monoisotopic (exact) mass is 597 g/mol. The normalized spacial score (nSPS) is 11.7. The van der Waals surface area contributed by atoms with Gasteiger partial charge in [-0.05, 0) is 42.0 Å². The molecule has 0 radical (unpaired) electrons. The molecule has 0 aliphatic rings. The van der Waals surface area contributed by atoms with Crippen LogP contribution in [-0.2, 0) is 12.0 Å². The molecule has 196 valence electrons. The van der Waals surface area contributed by atoms with Gasteiger partial charge in [0.15, 0.2) is 11.5 Å². The molecule has 0 aliphatic heterocycles. The summed E-state index contributed by atoms with van der Waals surface area (Å²) in [5, 5.41) is 14.5. The molecule has 8 nitrogen and oxygen atoms in total. The largest absolute Gasteiger partial charge is 0.493 e. The number of rotatable bonds is 7. The number of ether oxygens (including phenoxy) is 2. The van der Waals surface area contributed by atoms with Gasteiger partial charge >= 0.3 is 5.97 Å². The van der Waals surface area contributed by atoms with Crippen molar-refractivity contribution in [3.63, 3.8) is 0 Å². The number of hydrogen-bond donors (Lipinski definition) is 1. The van der Waals surface area contributed by atoms with Gasteiger partial charge in [-0.15, -0.1) is 0 Å². The van der Waals surface area contributed by atoms with Gasteiger partial charge in [-0.25, -0.2) is 9.78 Å². The van der Waals surface area contributed by atoms with Crippen LogP contribution in [0.1, 0.15) is 48.1 Å². The first kappa shape index (κ1) is 27.3. The minimum Gasteiger partial charge on any atom is -0.493 e. The number of aromatic nitrogens is 2. The van der Waals surface area contributed by atoms with E-state index >= 15 is 0 Å². The van der Waals surface area contributed by atoms with Gasteiger partial charge in [0.2, 0.25) is 0 Å². The highest BCUT2D eigenvalue weighted by Gasteiger charge is 2.23. The van der Waals surface area contributed by atoms with Crippen LogP contribution in [-0.4, -0.2) is 34.1 Å². The fourth-order valence-corrected chi connectivity index (χ4v) is 4.33. The van der Waals surface area contributed by atoms with E-state index < -0.39 is 11.4 Å². The zero-order valence-electron chi connectivity index (χ0n) is 21.2. The van der Waals surface area contributed by atoms with Crippen LogP contribution in [0.3, 0.4) is 0 Å². The molecule has 1 aromatic heterocycles. The maximum Gasteiger partial charge on any atom is 0.335 e. The number of methoxy groups -OCH3 is 1. The van der Waals surface area contributed by atoms with E-state index in [0.717, 1.165) is 10.0 Å². The van der Waals surface area contributed by atoms with Gasteiger partial charge in [-0.1, -0.05) is 60.4 Å². The Kier molecular flexibility index (Phi) is 7.89. The van der Waals surface area contributed by atoms with Crippen molar-refractivity contribution in [1.82, 2.24) is 9.66 Å². The number of hydrogen-bond acceptors (Lipinski definition) is 6. The molecule has 0 unspecified atom stereocenters. The van der Waals surface area contributed by atoms with Crippen LogP contribution in [0.15, 0.2) is 69.0 Å². The Balaban J connectivity index is 1.78. The van der Waals surface area contributed by atoms with Gasteiger partial charge in [0, 0.05) is 26.5 Å². The lowest BCUT2D eigenvalue weighted by molar-refractivity contribution is 0.0697. The number of carboxylic acids is 1. The molecular formula is C28H25BrClN3O5. The third-order valence-electron chi connectivity index (χ3n) is 5.64. The Morgan fingerprint density at radius 2 is 1.87 bits per heavy atom. The molecule has 0 saturated carbocycles. The quantitative estimate of drug-likeness (QED) is 0.251. The highest BCUT2D eigenvalue weighted by molar-refractivity contribution is 9.10. The minimum atomic E-state index is -1.00. The van der Waals surface area contributed by atoms with Crippen molar-refractivity contribution in [1.29, 1.82) is 0 Å². The fourth-order valence-electron chi connectivity index (χ4n) is 3.75. The van der Waals surface area contributed by atoms with Gasteiger partial charge in [0.25, 0.3) is 5.56 Å². The summed E-state index contributed by atoms with van der Waals surface area (Å²) in [5.41, 5.74) is 1.21. The van der Waals surface area contributed by atoms with Crippen LogP contribution in [0.5, 0.6) is 11.5 Å². The Labute approximate surface area is 232 Å². The fraction of sp³-hybridized carbons (Fsp3) is 0.214. The second-order valence-corrected chi connectivity index (χ2v) is 10.9. The van der Waals surface area contributed by atoms with E-state index in [4.69, 9.17) is 31.2 Å². The van der Waals surface area contributed by atoms with Gasteiger partial charge < -0.3 is 14.6 Å². The van der Waals surface area contributed by atoms with Crippen molar-refractivity contribution in [2.24, 2.45) is 5.10 Å². The van der Waals surface area contributed by atoms with Crippen LogP contribution in [0.2, 0.25) is 5.02 Å². The molecule has 0 atom stereocenters. The first-order valence-electron chi connectivity index (χ1n) is 11.6. The summed E-state index contributed by atoms with van der Waals surface area (Å²) in [6.45, 7) is 6.01. The minimum absolute atomic E-state index is 0.136. The van der Waals surface area contributed by atoms with Gasteiger partial charge in [0.05, 0.1) is 29.8 Å². The number of nitrogens with zero attached hydrogens (tertiary/aromatic N) is 3. The molecule has 4 rings (SSSR count). The Hall–Kier alpha value is -3.69. The van der Waals surface area contributed by atoms with E-state index in [2.05, 4.69) is 21.0 Å². The number of carboxylic acid groups (broad SMARTS) is 1. The zero-order valence-corrected chi connectivity index (χ0v) is 23.5. The van der Waals surface area contributed by atoms with Gasteiger partial charge in [0.1, 0.15) is 12.4 Å². The summed E-state index contributed by atoms with van der Waals surface area (Å²) in [6, 6.07) is 15.0. The number of aromatic carboxylic acids is 1. The summed E-state index contributed by atoms with van der Waals surface area (Å²) in [4.78, 5) is 29.4. The standard InChI is InChI=1S/C28H25BrClN3O5/c1-28(2,3)27-32-22-10-9-19(29)12-21(22)25(34)33(27)31-14-18-11-20(30)13-23(37-4)24(18)38-15-16-5-7-17(8-6-16)26(35)36/h5-14H,15H2,1-4H3,(H,35,36). The van der Waals surface area contributed by atoms with Crippen LogP contribution in [0.4, 0.5) is 0 Å². The van der Waals surface area contributed by atoms with Gasteiger partial charge in [-0.3, -0.25) is 4.79 Å². The van der Waals surface area contributed by atoms with Gasteiger partial charge in [-0.2, -0.15) is 9.78 Å². The lowest BCUT2D eigenvalue weighted by atomic mass is 9.95. The highest BCUT2D eigenvalue weighted by Crippen LogP contribution is 2.34. The molecule has 4 aromatic rings. The second kappa shape index (κ2) is 11.0. The molecule has 0 spiro atoms. The Morgan fingerprint density at radius 1 is 1.16 bits per heavy atom. The van der Waals surface area contributed by atoms with E-state index in [0.29, 0.717) is 38.8 Å². The van der Waals surface area contributed by atoms with E-state index in [9.17, 15) is 9.59 Å². The SMILES string of the molecule is COc1cc(Cl)cc(C=Nn2c(C(C)(C)C)nc3ccc(Br)cc3c2=O)c1OCc1ccc(C(=O)O)cc1. The lowest BCUT2D eigenvalue weighted by Gasteiger charge is -2.21. The average molecular weight is 599 g/mol. The number of benzene rings is 3. The van der Waals surface area contributed by atoms with Crippen LogP contribution in [0.25, 0.3) is 10.9 Å². The van der Waals surface area contributed by atoms with Crippen LogP contribution < -0.4 is 15.0 Å². The van der Waals surface area contributed by atoms with Crippen molar-refractivity contribution in [3.05, 3.63) is 97.0 Å². The van der Waals surface area contributed by atoms with Crippen LogP contribution >= 0.6 is 27.5 Å². The second-order valence-electron chi connectivity index (χ2n) is 9.53. The Bertz CT molecular complexity index is 1610. The van der Waals surface area contributed by atoms with Crippen molar-refractivity contribution in [2.75, 3.05) is 7.11 Å². The van der Waals surface area contributed by atoms with Crippen molar-refractivity contribution in [2.45, 2.75) is 32.8 Å². The van der Waals surface area contributed by atoms with Crippen molar-refractivity contribution >= 4 is 50.6 Å². The third kappa shape index (κ3) is 5.89. The maximum atomic E-state index is 13.5. The highest BCUT2D eigenvalue weighted by atomic mass is 79.9. The van der Waals surface area contributed by atoms with Crippen LogP contribution in [0, 0.1) is 0 Å². The first-order valence-corrected chi connectivity index (χ1v) is 12.7. The molecule has 0 aliphatic carbocycles. The summed E-state index contributed by atoms with van der Waals surface area (Å²) < 4.78 is 13.6. The summed E-state index contributed by atoms with van der Waals surface area (Å²) in [5.74, 6) is 0.231. The molecule has 3 aromatic carbocycles. The predicted molar refractivity (Wildman–Crippen MR) is 151 cm³/mol. The topological polar surface area (TPSA) is 103 Å². The smallest absolute Gasteiger partial charge is 0.335 e. The summed E-state index contributed by atoms with van der Waals surface area (Å²) in [6.07, 6.45) is 1.49. The number of carbonyl (C=O) groups is 1. The molecule has 10 heteroatoms. The molecule has 1 heterocycles. The van der Waals surface area contributed by atoms with Crippen molar-refractivity contribution < 1.29 is 19.4 Å². The van der Waals surface area contributed by atoms with E-state index in [1.54, 1.807) is 36.4 Å². The first-order chi connectivity index (χ1) is 18.0. The number of halogens is 2. The van der Waals surface area contributed by atoms with Crippen molar-refractivity contribution in [3.8, 4) is 11.5 Å². The Morgan fingerprint density at radius 3 is 2.50 bits per heavy atom. The molecule has 0 saturated heterocycles. The average Bonchev–Trinajstić information content (AvgIpc) is 2.87. The van der Waals surface area contributed by atoms with E-state index in [1.165, 1.54) is 30.1 Å². The molecule has 0 fully saturated rings. The third-order valence-corrected chi connectivity index (χ3v) is 6.36. The molecule has 38 heavy (non-hydrogen) atoms. The van der Waals surface area contributed by atoms with E-state index in [1.807, 2.05) is 26.8 Å². The summed E-state index contributed by atoms with van der Waals surface area (Å²) in [7, 11) is 1.49. The molecular weight excluding hydrogens is 574 g/mol. The summed E-state index contributed by atoms with van der Waals surface area (Å²) >= 11 is 9.76. The molecule has 0 amide bonds.